The minimum absolute atomic E-state index is 0.0634. The van der Waals surface area contributed by atoms with E-state index in [9.17, 15) is 9.18 Å². The Morgan fingerprint density at radius 2 is 2.14 bits per heavy atom. The van der Waals surface area contributed by atoms with Crippen molar-refractivity contribution in [3.05, 3.63) is 29.1 Å². The van der Waals surface area contributed by atoms with Crippen molar-refractivity contribution < 1.29 is 9.18 Å². The van der Waals surface area contributed by atoms with Crippen LogP contribution in [0.4, 0.5) is 10.1 Å². The third-order valence-corrected chi connectivity index (χ3v) is 2.02. The molecule has 0 spiro atoms. The smallest absolute Gasteiger partial charge is 0.250 e. The van der Waals surface area contributed by atoms with E-state index >= 15 is 0 Å². The summed E-state index contributed by atoms with van der Waals surface area (Å²) in [5.41, 5.74) is 11.7. The molecule has 3 nitrogen and oxygen atoms in total. The number of nitrogen functional groups attached to an aromatic ring is 1. The quantitative estimate of drug-likeness (QED) is 0.718. The Bertz CT molecular complexity index is 363. The van der Waals surface area contributed by atoms with E-state index in [0.717, 1.165) is 12.5 Å². The molecular weight excluding hydrogens is 183 g/mol. The fourth-order valence-corrected chi connectivity index (χ4v) is 1.35. The van der Waals surface area contributed by atoms with E-state index in [1.807, 2.05) is 6.92 Å². The van der Waals surface area contributed by atoms with Crippen LogP contribution in [0.15, 0.2) is 12.1 Å². The lowest BCUT2D eigenvalue weighted by Crippen LogP contribution is -2.15. The van der Waals surface area contributed by atoms with Gasteiger partial charge in [0.1, 0.15) is 5.82 Å². The molecule has 1 aromatic carbocycles. The predicted molar refractivity (Wildman–Crippen MR) is 53.3 cm³/mol. The maximum Gasteiger partial charge on any atom is 0.250 e. The van der Waals surface area contributed by atoms with Gasteiger partial charge in [0, 0.05) is 5.69 Å². The molecule has 1 amide bonds. The van der Waals surface area contributed by atoms with Gasteiger partial charge in [-0.15, -0.1) is 0 Å². The fourth-order valence-electron chi connectivity index (χ4n) is 1.35. The van der Waals surface area contributed by atoms with Gasteiger partial charge >= 0.3 is 0 Å². The van der Waals surface area contributed by atoms with Crippen LogP contribution in [-0.4, -0.2) is 5.91 Å². The first kappa shape index (κ1) is 10.5. The SMILES string of the molecule is CCCc1cc(F)cc(C(N)=O)c1N. The lowest BCUT2D eigenvalue weighted by atomic mass is 10.0. The molecule has 0 fully saturated rings. The van der Waals surface area contributed by atoms with Gasteiger partial charge < -0.3 is 11.5 Å². The van der Waals surface area contributed by atoms with Crippen LogP contribution in [0.1, 0.15) is 29.3 Å². The van der Waals surface area contributed by atoms with Gasteiger partial charge in [-0.3, -0.25) is 4.79 Å². The topological polar surface area (TPSA) is 69.1 Å². The highest BCUT2D eigenvalue weighted by atomic mass is 19.1. The Morgan fingerprint density at radius 1 is 1.50 bits per heavy atom. The fraction of sp³-hybridized carbons (Fsp3) is 0.300. The Morgan fingerprint density at radius 3 is 2.64 bits per heavy atom. The van der Waals surface area contributed by atoms with Crippen molar-refractivity contribution in [1.29, 1.82) is 0 Å². The number of primary amides is 1. The van der Waals surface area contributed by atoms with Crippen molar-refractivity contribution >= 4 is 11.6 Å². The number of halogens is 1. The highest BCUT2D eigenvalue weighted by Crippen LogP contribution is 2.20. The molecule has 4 N–H and O–H groups in total. The zero-order valence-electron chi connectivity index (χ0n) is 8.01. The number of hydrogen-bond donors (Lipinski definition) is 2. The molecule has 0 aromatic heterocycles. The Labute approximate surface area is 81.9 Å². The van der Waals surface area contributed by atoms with Gasteiger partial charge in [-0.2, -0.15) is 0 Å². The van der Waals surface area contributed by atoms with Crippen molar-refractivity contribution in [2.45, 2.75) is 19.8 Å². The molecular formula is C10H13FN2O. The number of amides is 1. The van der Waals surface area contributed by atoms with Crippen LogP contribution in [0.3, 0.4) is 0 Å². The van der Waals surface area contributed by atoms with E-state index in [1.165, 1.54) is 6.07 Å². The van der Waals surface area contributed by atoms with E-state index < -0.39 is 11.7 Å². The summed E-state index contributed by atoms with van der Waals surface area (Å²) in [4.78, 5) is 10.9. The molecule has 0 saturated carbocycles. The van der Waals surface area contributed by atoms with E-state index in [2.05, 4.69) is 0 Å². The predicted octanol–water partition coefficient (Wildman–Crippen LogP) is 1.46. The first-order valence-electron chi connectivity index (χ1n) is 4.44. The zero-order chi connectivity index (χ0) is 10.7. The van der Waals surface area contributed by atoms with Crippen LogP contribution in [0.2, 0.25) is 0 Å². The third-order valence-electron chi connectivity index (χ3n) is 2.02. The molecule has 0 saturated heterocycles. The number of nitrogens with two attached hydrogens (primary N) is 2. The minimum atomic E-state index is -0.695. The number of rotatable bonds is 3. The average molecular weight is 196 g/mol. The van der Waals surface area contributed by atoms with E-state index in [1.54, 1.807) is 0 Å². The van der Waals surface area contributed by atoms with Crippen LogP contribution < -0.4 is 11.5 Å². The Hall–Kier alpha value is -1.58. The highest BCUT2D eigenvalue weighted by Gasteiger charge is 2.11. The number of hydrogen-bond acceptors (Lipinski definition) is 2. The number of benzene rings is 1. The molecule has 14 heavy (non-hydrogen) atoms. The molecule has 1 aromatic rings. The number of anilines is 1. The summed E-state index contributed by atoms with van der Waals surface area (Å²) in [6.07, 6.45) is 1.48. The lowest BCUT2D eigenvalue weighted by molar-refractivity contribution is 0.100. The average Bonchev–Trinajstić information content (AvgIpc) is 2.10. The van der Waals surface area contributed by atoms with E-state index in [4.69, 9.17) is 11.5 Å². The molecule has 0 heterocycles. The molecule has 0 aliphatic carbocycles. The van der Waals surface area contributed by atoms with Crippen molar-refractivity contribution in [3.63, 3.8) is 0 Å². The van der Waals surface area contributed by atoms with Gasteiger partial charge in [-0.25, -0.2) is 4.39 Å². The number of carbonyl (C=O) groups excluding carboxylic acids is 1. The second-order valence-electron chi connectivity index (χ2n) is 3.14. The first-order valence-corrected chi connectivity index (χ1v) is 4.44. The van der Waals surface area contributed by atoms with Gasteiger partial charge in [0.2, 0.25) is 0 Å². The summed E-state index contributed by atoms with van der Waals surface area (Å²) >= 11 is 0. The second kappa shape index (κ2) is 4.09. The molecule has 1 rings (SSSR count). The molecule has 0 bridgehead atoms. The summed E-state index contributed by atoms with van der Waals surface area (Å²) in [6.45, 7) is 1.95. The second-order valence-corrected chi connectivity index (χ2v) is 3.14. The van der Waals surface area contributed by atoms with Crippen LogP contribution in [0.5, 0.6) is 0 Å². The van der Waals surface area contributed by atoms with Crippen molar-refractivity contribution in [1.82, 2.24) is 0 Å². The highest BCUT2D eigenvalue weighted by molar-refractivity contribution is 5.98. The number of carbonyl (C=O) groups is 1. The maximum atomic E-state index is 13.0. The van der Waals surface area contributed by atoms with Gasteiger partial charge in [0.05, 0.1) is 5.56 Å². The normalized spacial score (nSPS) is 10.1. The summed E-state index contributed by atoms with van der Waals surface area (Å²) in [5, 5.41) is 0. The van der Waals surface area contributed by atoms with Gasteiger partial charge in [0.25, 0.3) is 5.91 Å². The summed E-state index contributed by atoms with van der Waals surface area (Å²) in [5.74, 6) is -1.17. The summed E-state index contributed by atoms with van der Waals surface area (Å²) < 4.78 is 13.0. The zero-order valence-corrected chi connectivity index (χ0v) is 8.01. The number of aryl methyl sites for hydroxylation is 1. The molecule has 0 atom stereocenters. The van der Waals surface area contributed by atoms with Crippen LogP contribution >= 0.6 is 0 Å². The molecule has 0 aliphatic rings. The molecule has 4 heteroatoms. The molecule has 0 unspecified atom stereocenters. The van der Waals surface area contributed by atoms with Crippen molar-refractivity contribution in [3.8, 4) is 0 Å². The van der Waals surface area contributed by atoms with E-state index in [-0.39, 0.29) is 5.56 Å². The summed E-state index contributed by atoms with van der Waals surface area (Å²) in [7, 11) is 0. The van der Waals surface area contributed by atoms with Crippen LogP contribution in [-0.2, 0) is 6.42 Å². The summed E-state index contributed by atoms with van der Waals surface area (Å²) in [6, 6.07) is 2.40. The third kappa shape index (κ3) is 2.02. The largest absolute Gasteiger partial charge is 0.398 e. The maximum absolute atomic E-state index is 13.0. The van der Waals surface area contributed by atoms with Gasteiger partial charge in [0.15, 0.2) is 0 Å². The molecule has 0 radical (unpaired) electrons. The molecule has 76 valence electrons. The minimum Gasteiger partial charge on any atom is -0.398 e. The standard InChI is InChI=1S/C10H13FN2O/c1-2-3-6-4-7(11)5-8(9(6)12)10(13)14/h4-5H,2-3,12H2,1H3,(H2,13,14). The van der Waals surface area contributed by atoms with Crippen LogP contribution in [0, 0.1) is 5.82 Å². The van der Waals surface area contributed by atoms with Gasteiger partial charge in [-0.1, -0.05) is 13.3 Å². The lowest BCUT2D eigenvalue weighted by Gasteiger charge is -2.08. The van der Waals surface area contributed by atoms with Crippen LogP contribution in [0.25, 0.3) is 0 Å². The van der Waals surface area contributed by atoms with Crippen molar-refractivity contribution in [2.75, 3.05) is 5.73 Å². The molecule has 0 aliphatic heterocycles. The van der Waals surface area contributed by atoms with Crippen molar-refractivity contribution in [2.24, 2.45) is 5.73 Å². The van der Waals surface area contributed by atoms with E-state index in [0.29, 0.717) is 17.7 Å². The Kier molecular flexibility index (Phi) is 3.06. The Balaban J connectivity index is 3.24. The van der Waals surface area contributed by atoms with Gasteiger partial charge in [-0.05, 0) is 24.1 Å². The first-order chi connectivity index (χ1) is 6.56. The monoisotopic (exact) mass is 196 g/mol.